The fourth-order valence-corrected chi connectivity index (χ4v) is 2.81. The van der Waals surface area contributed by atoms with Crippen LogP contribution in [0.15, 0.2) is 85.6 Å². The number of rotatable bonds is 8. The van der Waals surface area contributed by atoms with E-state index < -0.39 is 0 Å². The molecule has 0 aliphatic carbocycles. The lowest BCUT2D eigenvalue weighted by Crippen LogP contribution is -2.29. The van der Waals surface area contributed by atoms with E-state index in [-0.39, 0.29) is 11.9 Å². The molecule has 0 fully saturated rings. The van der Waals surface area contributed by atoms with Gasteiger partial charge in [-0.3, -0.25) is 9.78 Å². The van der Waals surface area contributed by atoms with Crippen molar-refractivity contribution < 1.29 is 14.3 Å². The van der Waals surface area contributed by atoms with Crippen LogP contribution >= 0.6 is 0 Å². The quantitative estimate of drug-likeness (QED) is 0.601. The van der Waals surface area contributed by atoms with Crippen LogP contribution in [0.4, 0.5) is 0 Å². The van der Waals surface area contributed by atoms with Gasteiger partial charge in [0.25, 0.3) is 5.91 Å². The lowest BCUT2D eigenvalue weighted by molar-refractivity contribution is 0.0942. The third-order valence-corrected chi connectivity index (χ3v) is 4.17. The lowest BCUT2D eigenvalue weighted by atomic mass is 10.0. The van der Waals surface area contributed by atoms with E-state index in [1.807, 2.05) is 48.5 Å². The zero-order valence-corrected chi connectivity index (χ0v) is 15.7. The summed E-state index contributed by atoms with van der Waals surface area (Å²) in [5, 5.41) is 3.07. The van der Waals surface area contributed by atoms with Gasteiger partial charge in [-0.25, -0.2) is 0 Å². The minimum atomic E-state index is -0.363. The standard InChI is InChI=1S/C23H22N2O3/c1-3-15-28-20-13-12-18(16-21(20)27-2)23(26)25-22(17-9-5-4-6-10-17)19-11-7-8-14-24-19/h3-14,16,22H,1,15H2,2H3,(H,25,26). The fraction of sp³-hybridized carbons (Fsp3) is 0.130. The first-order valence-electron chi connectivity index (χ1n) is 8.91. The van der Waals surface area contributed by atoms with Crippen molar-refractivity contribution in [1.82, 2.24) is 10.3 Å². The number of amides is 1. The number of nitrogens with one attached hydrogen (secondary N) is 1. The SMILES string of the molecule is C=CCOc1ccc(C(=O)NC(c2ccccc2)c2ccccn2)cc1OC. The highest BCUT2D eigenvalue weighted by Gasteiger charge is 2.19. The van der Waals surface area contributed by atoms with Gasteiger partial charge in [0.1, 0.15) is 6.61 Å². The second kappa shape index (κ2) is 9.37. The number of ether oxygens (including phenoxy) is 2. The summed E-state index contributed by atoms with van der Waals surface area (Å²) in [6.45, 7) is 3.99. The number of carbonyl (C=O) groups excluding carboxylic acids is 1. The van der Waals surface area contributed by atoms with Gasteiger partial charge in [0.2, 0.25) is 0 Å². The predicted molar refractivity (Wildman–Crippen MR) is 109 cm³/mol. The Morgan fingerprint density at radius 3 is 2.57 bits per heavy atom. The van der Waals surface area contributed by atoms with Gasteiger partial charge in [0.05, 0.1) is 18.8 Å². The van der Waals surface area contributed by atoms with E-state index in [0.29, 0.717) is 23.7 Å². The Morgan fingerprint density at radius 2 is 1.89 bits per heavy atom. The van der Waals surface area contributed by atoms with Crippen molar-refractivity contribution in [2.45, 2.75) is 6.04 Å². The van der Waals surface area contributed by atoms with Crippen LogP contribution in [0.5, 0.6) is 11.5 Å². The monoisotopic (exact) mass is 374 g/mol. The van der Waals surface area contributed by atoms with E-state index >= 15 is 0 Å². The molecule has 2 aromatic carbocycles. The average molecular weight is 374 g/mol. The van der Waals surface area contributed by atoms with Crippen LogP contribution in [0, 0.1) is 0 Å². The molecule has 1 amide bonds. The second-order valence-electron chi connectivity index (χ2n) is 6.04. The van der Waals surface area contributed by atoms with Crippen molar-refractivity contribution in [3.05, 3.63) is 102 Å². The Bertz CT molecular complexity index is 888. The molecule has 3 aromatic rings. The van der Waals surface area contributed by atoms with Crippen LogP contribution in [-0.2, 0) is 0 Å². The van der Waals surface area contributed by atoms with Crippen LogP contribution in [0.25, 0.3) is 0 Å². The molecule has 0 saturated carbocycles. The van der Waals surface area contributed by atoms with E-state index in [2.05, 4.69) is 16.9 Å². The zero-order valence-electron chi connectivity index (χ0n) is 15.7. The molecule has 0 spiro atoms. The van der Waals surface area contributed by atoms with E-state index in [4.69, 9.17) is 9.47 Å². The lowest BCUT2D eigenvalue weighted by Gasteiger charge is -2.19. The molecule has 1 heterocycles. The second-order valence-corrected chi connectivity index (χ2v) is 6.04. The van der Waals surface area contributed by atoms with Gasteiger partial charge in [-0.2, -0.15) is 0 Å². The minimum absolute atomic E-state index is 0.229. The zero-order chi connectivity index (χ0) is 19.8. The maximum absolute atomic E-state index is 12.9. The van der Waals surface area contributed by atoms with Crippen molar-refractivity contribution >= 4 is 5.91 Å². The van der Waals surface area contributed by atoms with Gasteiger partial charge in [-0.05, 0) is 35.9 Å². The van der Waals surface area contributed by atoms with Crippen LogP contribution in [0.2, 0.25) is 0 Å². The Balaban J connectivity index is 1.87. The smallest absolute Gasteiger partial charge is 0.252 e. The van der Waals surface area contributed by atoms with Crippen LogP contribution in [0.3, 0.4) is 0 Å². The maximum atomic E-state index is 12.9. The molecule has 1 atom stereocenters. The highest BCUT2D eigenvalue weighted by molar-refractivity contribution is 5.95. The molecular formula is C23H22N2O3. The summed E-state index contributed by atoms with van der Waals surface area (Å²) in [6.07, 6.45) is 3.36. The first kappa shape index (κ1) is 19.2. The summed E-state index contributed by atoms with van der Waals surface area (Å²) in [4.78, 5) is 17.4. The molecule has 0 saturated heterocycles. The van der Waals surface area contributed by atoms with Crippen molar-refractivity contribution in [3.63, 3.8) is 0 Å². The Hall–Kier alpha value is -3.60. The van der Waals surface area contributed by atoms with Crippen molar-refractivity contribution in [2.75, 3.05) is 13.7 Å². The number of pyridine rings is 1. The molecular weight excluding hydrogens is 352 g/mol. The number of benzene rings is 2. The van der Waals surface area contributed by atoms with Gasteiger partial charge in [0, 0.05) is 11.8 Å². The summed E-state index contributed by atoms with van der Waals surface area (Å²) < 4.78 is 10.9. The molecule has 0 aliphatic heterocycles. The largest absolute Gasteiger partial charge is 0.493 e. The van der Waals surface area contributed by atoms with Crippen molar-refractivity contribution in [3.8, 4) is 11.5 Å². The Labute approximate surface area is 164 Å². The fourth-order valence-electron chi connectivity index (χ4n) is 2.81. The average Bonchev–Trinajstić information content (AvgIpc) is 2.77. The van der Waals surface area contributed by atoms with E-state index in [9.17, 15) is 4.79 Å². The third-order valence-electron chi connectivity index (χ3n) is 4.17. The Morgan fingerprint density at radius 1 is 1.11 bits per heavy atom. The minimum Gasteiger partial charge on any atom is -0.493 e. The van der Waals surface area contributed by atoms with Gasteiger partial charge in [-0.1, -0.05) is 49.1 Å². The van der Waals surface area contributed by atoms with Gasteiger partial charge in [0.15, 0.2) is 11.5 Å². The topological polar surface area (TPSA) is 60.5 Å². The van der Waals surface area contributed by atoms with E-state index in [1.54, 1.807) is 37.6 Å². The van der Waals surface area contributed by atoms with E-state index in [0.717, 1.165) is 11.3 Å². The highest BCUT2D eigenvalue weighted by atomic mass is 16.5. The molecule has 28 heavy (non-hydrogen) atoms. The first-order valence-corrected chi connectivity index (χ1v) is 8.91. The summed E-state index contributed by atoms with van der Waals surface area (Å²) in [5.74, 6) is 0.819. The Kier molecular flexibility index (Phi) is 6.41. The molecule has 3 rings (SSSR count). The molecule has 1 N–H and O–H groups in total. The molecule has 0 bridgehead atoms. The number of aromatic nitrogens is 1. The molecule has 1 aromatic heterocycles. The number of methoxy groups -OCH3 is 1. The number of nitrogens with zero attached hydrogens (tertiary/aromatic N) is 1. The number of carbonyl (C=O) groups is 1. The summed E-state index contributed by atoms with van der Waals surface area (Å²) in [6, 6.07) is 20.1. The van der Waals surface area contributed by atoms with Crippen molar-refractivity contribution in [2.24, 2.45) is 0 Å². The molecule has 142 valence electrons. The number of hydrogen-bond acceptors (Lipinski definition) is 4. The van der Waals surface area contributed by atoms with Crippen LogP contribution in [0.1, 0.15) is 27.7 Å². The molecule has 1 unspecified atom stereocenters. The molecule has 5 heteroatoms. The van der Waals surface area contributed by atoms with Crippen LogP contribution < -0.4 is 14.8 Å². The third kappa shape index (κ3) is 4.57. The summed E-state index contributed by atoms with van der Waals surface area (Å²) in [5.41, 5.74) is 2.19. The van der Waals surface area contributed by atoms with E-state index in [1.165, 1.54) is 0 Å². The number of hydrogen-bond donors (Lipinski definition) is 1. The first-order chi connectivity index (χ1) is 13.7. The van der Waals surface area contributed by atoms with Crippen molar-refractivity contribution in [1.29, 1.82) is 0 Å². The van der Waals surface area contributed by atoms with Crippen LogP contribution in [-0.4, -0.2) is 24.6 Å². The maximum Gasteiger partial charge on any atom is 0.252 e. The molecule has 0 radical (unpaired) electrons. The summed E-state index contributed by atoms with van der Waals surface area (Å²) in [7, 11) is 1.54. The predicted octanol–water partition coefficient (Wildman–Crippen LogP) is 4.17. The normalized spacial score (nSPS) is 11.3. The summed E-state index contributed by atoms with van der Waals surface area (Å²) >= 11 is 0. The van der Waals surface area contributed by atoms with Gasteiger partial charge in [-0.15, -0.1) is 0 Å². The highest BCUT2D eigenvalue weighted by Crippen LogP contribution is 2.29. The molecule has 0 aliphatic rings. The van der Waals surface area contributed by atoms with Gasteiger partial charge >= 0.3 is 0 Å². The molecule has 5 nitrogen and oxygen atoms in total. The van der Waals surface area contributed by atoms with Gasteiger partial charge < -0.3 is 14.8 Å².